The van der Waals surface area contributed by atoms with E-state index in [-0.39, 0.29) is 30.0 Å². The molecule has 0 saturated heterocycles. The smallest absolute Gasteiger partial charge is 0.231 e. The number of aromatic nitrogens is 3. The molecule has 32 heavy (non-hydrogen) atoms. The second-order valence-electron chi connectivity index (χ2n) is 7.94. The van der Waals surface area contributed by atoms with Gasteiger partial charge in [0.1, 0.15) is 12.4 Å². The molecule has 7 nitrogen and oxygen atoms in total. The number of nitrogens with zero attached hydrogens (tertiary/aromatic N) is 3. The van der Waals surface area contributed by atoms with Gasteiger partial charge >= 0.3 is 0 Å². The van der Waals surface area contributed by atoms with E-state index in [1.54, 1.807) is 18.2 Å². The number of fused-ring (bicyclic) bond motifs is 1. The molecule has 2 aromatic carbocycles. The van der Waals surface area contributed by atoms with Crippen molar-refractivity contribution < 1.29 is 14.3 Å². The van der Waals surface area contributed by atoms with Gasteiger partial charge in [-0.1, -0.05) is 35.5 Å². The third-order valence-electron chi connectivity index (χ3n) is 5.66. The quantitative estimate of drug-likeness (QED) is 0.374. The van der Waals surface area contributed by atoms with Gasteiger partial charge < -0.3 is 10.1 Å². The third-order valence-corrected chi connectivity index (χ3v) is 6.92. The summed E-state index contributed by atoms with van der Waals surface area (Å²) in [6.45, 7) is 2.10. The number of carbonyl (C=O) groups is 2. The van der Waals surface area contributed by atoms with E-state index in [9.17, 15) is 9.59 Å². The molecule has 1 fully saturated rings. The average molecular weight is 469 g/mol. The maximum absolute atomic E-state index is 12.8. The Kier molecular flexibility index (Phi) is 5.65. The Morgan fingerprint density at radius 1 is 1.25 bits per heavy atom. The van der Waals surface area contributed by atoms with Crippen LogP contribution in [0.2, 0.25) is 5.02 Å². The van der Waals surface area contributed by atoms with Gasteiger partial charge in [0.2, 0.25) is 5.91 Å². The largest absolute Gasteiger partial charge is 0.484 e. The molecule has 2 heterocycles. The summed E-state index contributed by atoms with van der Waals surface area (Å²) in [5, 5.41) is 12.7. The number of anilines is 1. The molecule has 5 rings (SSSR count). The van der Waals surface area contributed by atoms with E-state index in [1.165, 1.54) is 11.8 Å². The molecule has 164 valence electrons. The number of hydrogen-bond acceptors (Lipinski definition) is 6. The van der Waals surface area contributed by atoms with Crippen molar-refractivity contribution in [3.8, 4) is 5.75 Å². The summed E-state index contributed by atoms with van der Waals surface area (Å²) in [6.07, 6.45) is 2.12. The van der Waals surface area contributed by atoms with Crippen molar-refractivity contribution in [1.82, 2.24) is 14.8 Å². The van der Waals surface area contributed by atoms with Gasteiger partial charge in [-0.25, -0.2) is 0 Å². The molecule has 0 radical (unpaired) electrons. The standard InChI is InChI=1S/C23H21ClN4O3S/c1-13-16-10-14(6-9-18(16)25-22(13)30)19(29)12-32-23-27-26-21(28(23)15-7-8-15)11-31-20-5-3-2-4-17(20)24/h2-6,9-10,13,15H,7-8,11-12H2,1H3,(H,25,30)/t13-/m0/s1. The van der Waals surface area contributed by atoms with Gasteiger partial charge in [0.05, 0.1) is 16.7 Å². The molecule has 0 spiro atoms. The van der Waals surface area contributed by atoms with Crippen LogP contribution in [-0.2, 0) is 11.4 Å². The first-order valence-electron chi connectivity index (χ1n) is 10.4. The summed E-state index contributed by atoms with van der Waals surface area (Å²) < 4.78 is 7.92. The first kappa shape index (κ1) is 21.0. The molecule has 3 aromatic rings. The van der Waals surface area contributed by atoms with Gasteiger partial charge in [0.25, 0.3) is 0 Å². The number of amides is 1. The van der Waals surface area contributed by atoms with Gasteiger partial charge in [-0.05, 0) is 55.7 Å². The van der Waals surface area contributed by atoms with Crippen LogP contribution in [0.4, 0.5) is 5.69 Å². The van der Waals surface area contributed by atoms with E-state index < -0.39 is 0 Å². The van der Waals surface area contributed by atoms with Gasteiger partial charge in [0.15, 0.2) is 16.8 Å². The van der Waals surface area contributed by atoms with Crippen molar-refractivity contribution in [3.63, 3.8) is 0 Å². The van der Waals surface area contributed by atoms with Crippen molar-refractivity contribution in [1.29, 1.82) is 0 Å². The fraction of sp³-hybridized carbons (Fsp3) is 0.304. The van der Waals surface area contributed by atoms with Crippen molar-refractivity contribution in [2.24, 2.45) is 0 Å². The van der Waals surface area contributed by atoms with E-state index in [0.29, 0.717) is 27.5 Å². The molecular weight excluding hydrogens is 448 g/mol. The fourth-order valence-corrected chi connectivity index (χ4v) is 4.82. The first-order chi connectivity index (χ1) is 15.5. The number of carbonyl (C=O) groups excluding carboxylic acids is 2. The number of ketones is 1. The minimum atomic E-state index is -0.246. The van der Waals surface area contributed by atoms with Crippen LogP contribution in [0, 0.1) is 0 Å². The van der Waals surface area contributed by atoms with Crippen LogP contribution in [-0.4, -0.2) is 32.2 Å². The highest BCUT2D eigenvalue weighted by Crippen LogP contribution is 2.39. The summed E-state index contributed by atoms with van der Waals surface area (Å²) in [6, 6.07) is 13.0. The van der Waals surface area contributed by atoms with Crippen LogP contribution in [0.15, 0.2) is 47.6 Å². The van der Waals surface area contributed by atoms with E-state index in [2.05, 4.69) is 20.1 Å². The highest BCUT2D eigenvalue weighted by atomic mass is 35.5. The molecule has 0 bridgehead atoms. The van der Waals surface area contributed by atoms with Crippen molar-refractivity contribution >= 4 is 40.7 Å². The number of Topliss-reactive ketones (excluding diaryl/α,β-unsaturated/α-hetero) is 1. The Morgan fingerprint density at radius 3 is 2.84 bits per heavy atom. The Hall–Kier alpha value is -2.84. The van der Waals surface area contributed by atoms with E-state index in [0.717, 1.165) is 29.9 Å². The molecule has 1 amide bonds. The summed E-state index contributed by atoms with van der Waals surface area (Å²) in [5.41, 5.74) is 2.24. The number of nitrogens with one attached hydrogen (secondary N) is 1. The number of benzene rings is 2. The predicted molar refractivity (Wildman–Crippen MR) is 123 cm³/mol. The highest BCUT2D eigenvalue weighted by Gasteiger charge is 2.31. The second kappa shape index (κ2) is 8.60. The number of hydrogen-bond donors (Lipinski definition) is 1. The van der Waals surface area contributed by atoms with Crippen LogP contribution in [0.5, 0.6) is 5.75 Å². The lowest BCUT2D eigenvalue weighted by Gasteiger charge is -2.11. The highest BCUT2D eigenvalue weighted by molar-refractivity contribution is 7.99. The summed E-state index contributed by atoms with van der Waals surface area (Å²) in [7, 11) is 0. The molecule has 1 atom stereocenters. The number of halogens is 1. The zero-order valence-electron chi connectivity index (χ0n) is 17.4. The van der Waals surface area contributed by atoms with Gasteiger partial charge in [-0.3, -0.25) is 14.2 Å². The van der Waals surface area contributed by atoms with Crippen molar-refractivity contribution in [2.45, 2.75) is 43.5 Å². The van der Waals surface area contributed by atoms with Gasteiger partial charge in [-0.15, -0.1) is 10.2 Å². The van der Waals surface area contributed by atoms with Crippen LogP contribution in [0.25, 0.3) is 0 Å². The summed E-state index contributed by atoms with van der Waals surface area (Å²) >= 11 is 7.55. The number of rotatable bonds is 8. The zero-order valence-corrected chi connectivity index (χ0v) is 18.9. The molecule has 0 unspecified atom stereocenters. The second-order valence-corrected chi connectivity index (χ2v) is 9.29. The van der Waals surface area contributed by atoms with Crippen molar-refractivity contribution in [3.05, 3.63) is 64.4 Å². The lowest BCUT2D eigenvalue weighted by atomic mass is 9.99. The maximum Gasteiger partial charge on any atom is 0.231 e. The van der Waals surface area contributed by atoms with Crippen LogP contribution in [0.1, 0.15) is 53.5 Å². The Morgan fingerprint density at radius 2 is 2.06 bits per heavy atom. The molecular formula is C23H21ClN4O3S. The Bertz CT molecular complexity index is 1210. The fourth-order valence-electron chi connectivity index (χ4n) is 3.71. The van der Waals surface area contributed by atoms with Gasteiger partial charge in [-0.2, -0.15) is 0 Å². The van der Waals surface area contributed by atoms with Crippen LogP contribution in [0.3, 0.4) is 0 Å². The third kappa shape index (κ3) is 4.12. The Labute approximate surface area is 194 Å². The average Bonchev–Trinajstić information content (AvgIpc) is 3.49. The minimum absolute atomic E-state index is 0.0106. The first-order valence-corrected chi connectivity index (χ1v) is 11.8. The summed E-state index contributed by atoms with van der Waals surface area (Å²) in [5.74, 6) is 1.27. The van der Waals surface area contributed by atoms with Gasteiger partial charge in [0, 0.05) is 17.3 Å². The SMILES string of the molecule is C[C@@H]1C(=O)Nc2ccc(C(=O)CSc3nnc(COc4ccccc4Cl)n3C3CC3)cc21. The molecule has 1 aliphatic carbocycles. The van der Waals surface area contributed by atoms with E-state index in [1.807, 2.05) is 31.2 Å². The van der Waals surface area contributed by atoms with Crippen molar-refractivity contribution in [2.75, 3.05) is 11.1 Å². The molecule has 2 aliphatic rings. The molecule has 1 saturated carbocycles. The normalized spacial score (nSPS) is 17.2. The maximum atomic E-state index is 12.8. The monoisotopic (exact) mass is 468 g/mol. The summed E-state index contributed by atoms with van der Waals surface area (Å²) in [4.78, 5) is 24.7. The zero-order chi connectivity index (χ0) is 22.2. The molecule has 1 aromatic heterocycles. The number of para-hydroxylation sites is 1. The lowest BCUT2D eigenvalue weighted by molar-refractivity contribution is -0.116. The van der Waals surface area contributed by atoms with Crippen LogP contribution < -0.4 is 10.1 Å². The number of ether oxygens (including phenoxy) is 1. The molecule has 1 aliphatic heterocycles. The predicted octanol–water partition coefficient (Wildman–Crippen LogP) is 4.88. The topological polar surface area (TPSA) is 86.1 Å². The molecule has 1 N–H and O–H groups in total. The number of thioether (sulfide) groups is 1. The molecule has 9 heteroatoms. The van der Waals surface area contributed by atoms with E-state index >= 15 is 0 Å². The van der Waals surface area contributed by atoms with Crippen LogP contribution >= 0.6 is 23.4 Å². The Balaban J connectivity index is 1.27. The minimum Gasteiger partial charge on any atom is -0.484 e. The van der Waals surface area contributed by atoms with E-state index in [4.69, 9.17) is 16.3 Å². The lowest BCUT2D eigenvalue weighted by Crippen LogP contribution is -2.09.